The Morgan fingerprint density at radius 3 is 2.53 bits per heavy atom. The Morgan fingerprint density at radius 1 is 1.37 bits per heavy atom. The maximum atomic E-state index is 11.7. The number of hydrogen-bond acceptors (Lipinski definition) is 3. The monoisotopic (exact) mass is 260 g/mol. The van der Waals surface area contributed by atoms with E-state index in [0.717, 1.165) is 5.56 Å². The molecular weight excluding hydrogens is 244 g/mol. The zero-order chi connectivity index (χ0) is 14.3. The molecule has 0 aliphatic rings. The van der Waals surface area contributed by atoms with Crippen molar-refractivity contribution in [3.8, 4) is 6.07 Å². The molecule has 0 aliphatic heterocycles. The average molecular weight is 260 g/mol. The predicted octanol–water partition coefficient (Wildman–Crippen LogP) is 1.35. The Kier molecular flexibility index (Phi) is 5.55. The predicted molar refractivity (Wildman–Crippen MR) is 69.1 cm³/mol. The van der Waals surface area contributed by atoms with Gasteiger partial charge in [0, 0.05) is 5.92 Å². The van der Waals surface area contributed by atoms with Gasteiger partial charge in [-0.15, -0.1) is 0 Å². The third-order valence-electron chi connectivity index (χ3n) is 2.65. The fourth-order valence-corrected chi connectivity index (χ4v) is 1.65. The summed E-state index contributed by atoms with van der Waals surface area (Å²) in [5.41, 5.74) is 0.817. The minimum Gasteiger partial charge on any atom is -0.480 e. The van der Waals surface area contributed by atoms with E-state index < -0.39 is 17.9 Å². The molecule has 1 aromatic rings. The van der Waals surface area contributed by atoms with Crippen molar-refractivity contribution in [1.29, 1.82) is 5.26 Å². The highest BCUT2D eigenvalue weighted by molar-refractivity contribution is 5.84. The van der Waals surface area contributed by atoms with E-state index in [1.54, 1.807) is 19.1 Å². The van der Waals surface area contributed by atoms with Crippen LogP contribution in [0.1, 0.15) is 18.9 Å². The standard InChI is InChI=1S/C14H16N2O3/c1-10(9-15)7-12(14(18)19)16-13(17)8-11-5-3-2-4-6-11/h2-6,10,12H,7-8H2,1H3,(H,16,17)(H,18,19)/t10-,12-/m1/s1. The van der Waals surface area contributed by atoms with Gasteiger partial charge in [0.15, 0.2) is 0 Å². The number of nitriles is 1. The summed E-state index contributed by atoms with van der Waals surface area (Å²) >= 11 is 0. The molecule has 0 saturated heterocycles. The second kappa shape index (κ2) is 7.17. The minimum absolute atomic E-state index is 0.104. The van der Waals surface area contributed by atoms with Crippen LogP contribution < -0.4 is 5.32 Å². The van der Waals surface area contributed by atoms with E-state index in [4.69, 9.17) is 10.4 Å². The van der Waals surface area contributed by atoms with Crippen LogP contribution in [0.3, 0.4) is 0 Å². The van der Waals surface area contributed by atoms with Crippen LogP contribution in [0.5, 0.6) is 0 Å². The molecule has 0 aliphatic carbocycles. The van der Waals surface area contributed by atoms with Gasteiger partial charge in [0.05, 0.1) is 12.5 Å². The fraction of sp³-hybridized carbons (Fsp3) is 0.357. The number of nitrogens with one attached hydrogen (secondary N) is 1. The van der Waals surface area contributed by atoms with Gasteiger partial charge in [0.2, 0.25) is 5.91 Å². The number of carboxylic acids is 1. The van der Waals surface area contributed by atoms with E-state index in [2.05, 4.69) is 5.32 Å². The lowest BCUT2D eigenvalue weighted by atomic mass is 10.0. The highest BCUT2D eigenvalue weighted by Gasteiger charge is 2.22. The first kappa shape index (κ1) is 14.7. The van der Waals surface area contributed by atoms with Gasteiger partial charge in [-0.2, -0.15) is 5.26 Å². The molecule has 0 aromatic heterocycles. The zero-order valence-electron chi connectivity index (χ0n) is 10.7. The van der Waals surface area contributed by atoms with Crippen LogP contribution >= 0.6 is 0 Å². The number of carbonyl (C=O) groups is 2. The van der Waals surface area contributed by atoms with E-state index in [-0.39, 0.29) is 18.7 Å². The Hall–Kier alpha value is -2.35. The van der Waals surface area contributed by atoms with Crippen molar-refractivity contribution >= 4 is 11.9 Å². The van der Waals surface area contributed by atoms with Crippen molar-refractivity contribution < 1.29 is 14.7 Å². The number of benzene rings is 1. The van der Waals surface area contributed by atoms with Gasteiger partial charge in [-0.1, -0.05) is 30.3 Å². The molecule has 2 N–H and O–H groups in total. The van der Waals surface area contributed by atoms with Crippen molar-refractivity contribution in [1.82, 2.24) is 5.32 Å². The Labute approximate surface area is 111 Å². The first-order chi connectivity index (χ1) is 9.02. The van der Waals surface area contributed by atoms with Crippen LogP contribution in [0, 0.1) is 17.2 Å². The summed E-state index contributed by atoms with van der Waals surface area (Å²) in [7, 11) is 0. The molecule has 100 valence electrons. The summed E-state index contributed by atoms with van der Waals surface area (Å²) < 4.78 is 0. The molecule has 0 fully saturated rings. The second-order valence-corrected chi connectivity index (χ2v) is 4.39. The number of aliphatic carboxylic acids is 1. The molecule has 5 heteroatoms. The molecule has 1 aromatic carbocycles. The summed E-state index contributed by atoms with van der Waals surface area (Å²) in [5.74, 6) is -1.90. The third kappa shape index (κ3) is 5.21. The summed E-state index contributed by atoms with van der Waals surface area (Å²) in [6, 6.07) is 10.0. The first-order valence-corrected chi connectivity index (χ1v) is 5.98. The molecular formula is C14H16N2O3. The van der Waals surface area contributed by atoms with Gasteiger partial charge < -0.3 is 10.4 Å². The molecule has 0 unspecified atom stereocenters. The molecule has 0 spiro atoms. The number of carboxylic acid groups (broad SMARTS) is 1. The number of nitrogens with zero attached hydrogens (tertiary/aromatic N) is 1. The smallest absolute Gasteiger partial charge is 0.326 e. The molecule has 0 bridgehead atoms. The Balaban J connectivity index is 2.57. The number of rotatable bonds is 6. The molecule has 0 saturated carbocycles. The first-order valence-electron chi connectivity index (χ1n) is 5.98. The van der Waals surface area contributed by atoms with Gasteiger partial charge in [0.1, 0.15) is 6.04 Å². The van der Waals surface area contributed by atoms with Crippen molar-refractivity contribution in [2.45, 2.75) is 25.8 Å². The van der Waals surface area contributed by atoms with Crippen LogP contribution in [-0.2, 0) is 16.0 Å². The minimum atomic E-state index is -1.12. The molecule has 5 nitrogen and oxygen atoms in total. The summed E-state index contributed by atoms with van der Waals surface area (Å²) in [4.78, 5) is 22.8. The van der Waals surface area contributed by atoms with Crippen LogP contribution in [0.25, 0.3) is 0 Å². The van der Waals surface area contributed by atoms with Crippen molar-refractivity contribution in [3.05, 3.63) is 35.9 Å². The van der Waals surface area contributed by atoms with Crippen molar-refractivity contribution in [3.63, 3.8) is 0 Å². The van der Waals surface area contributed by atoms with Gasteiger partial charge in [-0.05, 0) is 18.9 Å². The van der Waals surface area contributed by atoms with Crippen LogP contribution in [0.2, 0.25) is 0 Å². The lowest BCUT2D eigenvalue weighted by molar-refractivity contribution is -0.142. The molecule has 19 heavy (non-hydrogen) atoms. The van der Waals surface area contributed by atoms with Crippen LogP contribution in [-0.4, -0.2) is 23.0 Å². The maximum absolute atomic E-state index is 11.7. The highest BCUT2D eigenvalue weighted by Crippen LogP contribution is 2.06. The number of amides is 1. The highest BCUT2D eigenvalue weighted by atomic mass is 16.4. The topological polar surface area (TPSA) is 90.2 Å². The maximum Gasteiger partial charge on any atom is 0.326 e. The lowest BCUT2D eigenvalue weighted by Crippen LogP contribution is -2.42. The normalized spacial score (nSPS) is 13.1. The van der Waals surface area contributed by atoms with E-state index in [9.17, 15) is 9.59 Å². The lowest BCUT2D eigenvalue weighted by Gasteiger charge is -2.15. The van der Waals surface area contributed by atoms with Crippen LogP contribution in [0.4, 0.5) is 0 Å². The number of hydrogen-bond donors (Lipinski definition) is 2. The van der Waals surface area contributed by atoms with Crippen LogP contribution in [0.15, 0.2) is 30.3 Å². The molecule has 1 rings (SSSR count). The third-order valence-corrected chi connectivity index (χ3v) is 2.65. The molecule has 1 amide bonds. The summed E-state index contributed by atoms with van der Waals surface area (Å²) in [6.07, 6.45) is 0.234. The van der Waals surface area contributed by atoms with Crippen molar-refractivity contribution in [2.24, 2.45) is 5.92 Å². The van der Waals surface area contributed by atoms with Gasteiger partial charge in [-0.3, -0.25) is 4.79 Å². The summed E-state index contributed by atoms with van der Waals surface area (Å²) in [5, 5.41) is 20.1. The van der Waals surface area contributed by atoms with E-state index in [0.29, 0.717) is 0 Å². The Morgan fingerprint density at radius 2 is 2.00 bits per heavy atom. The van der Waals surface area contributed by atoms with Crippen molar-refractivity contribution in [2.75, 3.05) is 0 Å². The molecule has 0 radical (unpaired) electrons. The quantitative estimate of drug-likeness (QED) is 0.807. The van der Waals surface area contributed by atoms with Gasteiger partial charge in [0.25, 0.3) is 0 Å². The van der Waals surface area contributed by atoms with E-state index in [1.165, 1.54) is 0 Å². The largest absolute Gasteiger partial charge is 0.480 e. The van der Waals surface area contributed by atoms with E-state index in [1.807, 2.05) is 24.3 Å². The van der Waals surface area contributed by atoms with Gasteiger partial charge >= 0.3 is 5.97 Å². The Bertz CT molecular complexity index is 479. The van der Waals surface area contributed by atoms with E-state index >= 15 is 0 Å². The fourth-order valence-electron chi connectivity index (χ4n) is 1.65. The molecule has 0 heterocycles. The second-order valence-electron chi connectivity index (χ2n) is 4.39. The van der Waals surface area contributed by atoms with Gasteiger partial charge in [-0.25, -0.2) is 4.79 Å². The number of carbonyl (C=O) groups excluding carboxylic acids is 1. The molecule has 2 atom stereocenters. The SMILES string of the molecule is C[C@@H](C#N)C[C@@H](NC(=O)Cc1ccccc1)C(=O)O. The zero-order valence-corrected chi connectivity index (χ0v) is 10.7. The average Bonchev–Trinajstić information content (AvgIpc) is 2.38. The summed E-state index contributed by atoms with van der Waals surface area (Å²) in [6.45, 7) is 1.62.